The maximum Gasteiger partial charge on any atom is 0.243 e. The normalized spacial score (nSPS) is 18.5. The van der Waals surface area contributed by atoms with Gasteiger partial charge in [0.1, 0.15) is 0 Å². The molecule has 0 atom stereocenters. The molecule has 8 heteroatoms. The van der Waals surface area contributed by atoms with Gasteiger partial charge in [0.2, 0.25) is 15.9 Å². The van der Waals surface area contributed by atoms with E-state index >= 15 is 0 Å². The van der Waals surface area contributed by atoms with Crippen LogP contribution < -0.4 is 0 Å². The molecule has 1 saturated heterocycles. The van der Waals surface area contributed by atoms with Crippen molar-refractivity contribution in [2.75, 3.05) is 19.6 Å². The summed E-state index contributed by atoms with van der Waals surface area (Å²) in [7, 11) is -3.59. The Balaban J connectivity index is 1.39. The smallest absolute Gasteiger partial charge is 0.243 e. The molecule has 4 rings (SSSR count). The van der Waals surface area contributed by atoms with Gasteiger partial charge in [-0.2, -0.15) is 9.57 Å². The highest BCUT2D eigenvalue weighted by Crippen LogP contribution is 2.29. The lowest BCUT2D eigenvalue weighted by atomic mass is 9.95. The van der Waals surface area contributed by atoms with E-state index in [-0.39, 0.29) is 16.7 Å². The molecule has 0 unspecified atom stereocenters. The molecule has 3 heterocycles. The van der Waals surface area contributed by atoms with Crippen LogP contribution in [-0.4, -0.2) is 43.2 Å². The minimum absolute atomic E-state index is 0.118. The molecule has 1 aromatic heterocycles. The lowest BCUT2D eigenvalue weighted by Gasteiger charge is -2.35. The van der Waals surface area contributed by atoms with E-state index in [9.17, 15) is 13.2 Å². The summed E-state index contributed by atoms with van der Waals surface area (Å²) in [6, 6.07) is 10.0. The number of rotatable bonds is 3. The van der Waals surface area contributed by atoms with Gasteiger partial charge in [0.15, 0.2) is 0 Å². The van der Waals surface area contributed by atoms with Crippen molar-refractivity contribution in [3.05, 3.63) is 51.7 Å². The first-order chi connectivity index (χ1) is 13.5. The number of piperidine rings is 1. The minimum atomic E-state index is -3.59. The predicted octanol–water partition coefficient (Wildman–Crippen LogP) is 2.61. The highest BCUT2D eigenvalue weighted by atomic mass is 32.2. The fourth-order valence-electron chi connectivity index (χ4n) is 3.89. The van der Waals surface area contributed by atoms with E-state index in [1.165, 1.54) is 39.0 Å². The molecule has 1 aromatic carbocycles. The van der Waals surface area contributed by atoms with Crippen molar-refractivity contribution in [3.8, 4) is 6.07 Å². The summed E-state index contributed by atoms with van der Waals surface area (Å²) in [5.74, 6) is 0.0277. The van der Waals surface area contributed by atoms with Crippen molar-refractivity contribution in [1.82, 2.24) is 9.21 Å². The number of thiophene rings is 1. The summed E-state index contributed by atoms with van der Waals surface area (Å²) < 4.78 is 27.1. The number of hydrogen-bond acceptors (Lipinski definition) is 5. The van der Waals surface area contributed by atoms with Crippen LogP contribution in [0.5, 0.6) is 0 Å². The summed E-state index contributed by atoms with van der Waals surface area (Å²) >= 11 is 1.75. The molecule has 0 spiro atoms. The number of carbonyl (C=O) groups excluding carboxylic acids is 1. The van der Waals surface area contributed by atoms with E-state index in [1.807, 2.05) is 11.0 Å². The SMILES string of the molecule is N#Cc1ccc(S(=O)(=O)N2CCC(C(=O)N3CCc4sccc4C3)CC2)cc1. The molecular formula is C20H21N3O3S2. The van der Waals surface area contributed by atoms with Crippen molar-refractivity contribution >= 4 is 27.3 Å². The Morgan fingerprint density at radius 3 is 2.50 bits per heavy atom. The van der Waals surface area contributed by atoms with Gasteiger partial charge < -0.3 is 4.90 Å². The molecule has 1 fully saturated rings. The fraction of sp³-hybridized carbons (Fsp3) is 0.400. The molecule has 0 N–H and O–H groups in total. The molecule has 146 valence electrons. The summed E-state index contributed by atoms with van der Waals surface area (Å²) in [5.41, 5.74) is 1.67. The largest absolute Gasteiger partial charge is 0.338 e. The molecule has 2 aliphatic rings. The zero-order valence-electron chi connectivity index (χ0n) is 15.4. The molecule has 0 aliphatic carbocycles. The third-order valence-electron chi connectivity index (χ3n) is 5.54. The van der Waals surface area contributed by atoms with Crippen LogP contribution in [0.4, 0.5) is 0 Å². The van der Waals surface area contributed by atoms with Gasteiger partial charge in [-0.15, -0.1) is 11.3 Å². The monoisotopic (exact) mass is 415 g/mol. The van der Waals surface area contributed by atoms with E-state index in [4.69, 9.17) is 5.26 Å². The Kier molecular flexibility index (Phi) is 5.23. The van der Waals surface area contributed by atoms with Crippen LogP contribution in [-0.2, 0) is 27.8 Å². The first-order valence-electron chi connectivity index (χ1n) is 9.33. The molecule has 1 amide bonds. The second-order valence-corrected chi connectivity index (χ2v) is 10.1. The number of hydrogen-bond donors (Lipinski definition) is 0. The van der Waals surface area contributed by atoms with Gasteiger partial charge in [-0.25, -0.2) is 8.42 Å². The first-order valence-corrected chi connectivity index (χ1v) is 11.7. The van der Waals surface area contributed by atoms with Crippen molar-refractivity contribution < 1.29 is 13.2 Å². The van der Waals surface area contributed by atoms with Gasteiger partial charge in [0.05, 0.1) is 16.5 Å². The van der Waals surface area contributed by atoms with Crippen LogP contribution in [0.3, 0.4) is 0 Å². The zero-order chi connectivity index (χ0) is 19.7. The summed E-state index contributed by atoms with van der Waals surface area (Å²) in [6.45, 7) is 2.10. The molecule has 0 radical (unpaired) electrons. The Bertz CT molecular complexity index is 1010. The number of amides is 1. The van der Waals surface area contributed by atoms with Gasteiger partial charge in [-0.05, 0) is 60.5 Å². The maximum absolute atomic E-state index is 12.9. The topological polar surface area (TPSA) is 81.5 Å². The second-order valence-electron chi connectivity index (χ2n) is 7.19. The second kappa shape index (κ2) is 7.66. The highest BCUT2D eigenvalue weighted by Gasteiger charge is 2.34. The van der Waals surface area contributed by atoms with Crippen molar-refractivity contribution in [3.63, 3.8) is 0 Å². The Morgan fingerprint density at radius 1 is 1.11 bits per heavy atom. The molecular weight excluding hydrogens is 394 g/mol. The van der Waals surface area contributed by atoms with Gasteiger partial charge in [-0.1, -0.05) is 0 Å². The molecule has 0 saturated carbocycles. The molecule has 2 aliphatic heterocycles. The van der Waals surface area contributed by atoms with Crippen LogP contribution in [0, 0.1) is 17.2 Å². The molecule has 0 bridgehead atoms. The number of nitriles is 1. The van der Waals surface area contributed by atoms with E-state index in [0.717, 1.165) is 13.0 Å². The number of fused-ring (bicyclic) bond motifs is 1. The molecule has 28 heavy (non-hydrogen) atoms. The van der Waals surface area contributed by atoms with E-state index in [0.29, 0.717) is 38.0 Å². The number of benzene rings is 1. The zero-order valence-corrected chi connectivity index (χ0v) is 17.0. The first kappa shape index (κ1) is 19.1. The summed E-state index contributed by atoms with van der Waals surface area (Å²) in [6.07, 6.45) is 1.99. The van der Waals surface area contributed by atoms with Crippen LogP contribution in [0.1, 0.15) is 28.8 Å². The van der Waals surface area contributed by atoms with Gasteiger partial charge in [0, 0.05) is 37.0 Å². The lowest BCUT2D eigenvalue weighted by molar-refractivity contribution is -0.137. The Hall–Kier alpha value is -2.21. The van der Waals surface area contributed by atoms with E-state index in [2.05, 4.69) is 11.4 Å². The average molecular weight is 416 g/mol. The number of nitrogens with zero attached hydrogens (tertiary/aromatic N) is 3. The Morgan fingerprint density at radius 2 is 1.82 bits per heavy atom. The predicted molar refractivity (Wildman–Crippen MR) is 106 cm³/mol. The third kappa shape index (κ3) is 3.58. The third-order valence-corrected chi connectivity index (χ3v) is 8.48. The summed E-state index contributed by atoms with van der Waals surface area (Å²) in [4.78, 5) is 16.4. The summed E-state index contributed by atoms with van der Waals surface area (Å²) in [5, 5.41) is 10.9. The van der Waals surface area contributed by atoms with Crippen LogP contribution in [0.2, 0.25) is 0 Å². The average Bonchev–Trinajstić information content (AvgIpc) is 3.21. The van der Waals surface area contributed by atoms with Crippen LogP contribution in [0.25, 0.3) is 0 Å². The Labute approximate surface area is 169 Å². The van der Waals surface area contributed by atoms with Crippen molar-refractivity contribution in [1.29, 1.82) is 5.26 Å². The van der Waals surface area contributed by atoms with Crippen molar-refractivity contribution in [2.45, 2.75) is 30.7 Å². The quantitative estimate of drug-likeness (QED) is 0.772. The highest BCUT2D eigenvalue weighted by molar-refractivity contribution is 7.89. The number of sulfonamides is 1. The van der Waals surface area contributed by atoms with Crippen LogP contribution in [0.15, 0.2) is 40.6 Å². The molecule has 2 aromatic rings. The van der Waals surface area contributed by atoms with Gasteiger partial charge in [0.25, 0.3) is 0 Å². The lowest BCUT2D eigenvalue weighted by Crippen LogP contribution is -2.45. The molecule has 6 nitrogen and oxygen atoms in total. The van der Waals surface area contributed by atoms with Crippen LogP contribution >= 0.6 is 11.3 Å². The van der Waals surface area contributed by atoms with E-state index in [1.54, 1.807) is 11.3 Å². The number of carbonyl (C=O) groups is 1. The fourth-order valence-corrected chi connectivity index (χ4v) is 6.25. The van der Waals surface area contributed by atoms with Gasteiger partial charge >= 0.3 is 0 Å². The minimum Gasteiger partial charge on any atom is -0.338 e. The van der Waals surface area contributed by atoms with Crippen molar-refractivity contribution in [2.24, 2.45) is 5.92 Å². The van der Waals surface area contributed by atoms with E-state index < -0.39 is 10.0 Å². The maximum atomic E-state index is 12.9. The standard InChI is InChI=1S/C20H21N3O3S2/c21-13-15-1-3-18(4-2-15)28(25,26)23-10-5-16(6-11-23)20(24)22-9-7-19-17(14-22)8-12-27-19/h1-4,8,12,16H,5-7,9-11,14H2. The van der Waals surface area contributed by atoms with Gasteiger partial charge in [-0.3, -0.25) is 4.79 Å².